The van der Waals surface area contributed by atoms with E-state index in [-0.39, 0.29) is 5.91 Å². The van der Waals surface area contributed by atoms with Crippen LogP contribution in [0, 0.1) is 19.8 Å². The second-order valence-electron chi connectivity index (χ2n) is 7.77. The highest BCUT2D eigenvalue weighted by Gasteiger charge is 2.32. The molecule has 3 heterocycles. The molecule has 0 aliphatic carbocycles. The van der Waals surface area contributed by atoms with Crippen LogP contribution >= 0.6 is 0 Å². The summed E-state index contributed by atoms with van der Waals surface area (Å²) in [5.41, 5.74) is 3.52. The van der Waals surface area contributed by atoms with Crippen LogP contribution in [0.1, 0.15) is 62.4 Å². The fourth-order valence-corrected chi connectivity index (χ4v) is 4.79. The van der Waals surface area contributed by atoms with Gasteiger partial charge in [-0.3, -0.25) is 9.48 Å². The first kappa shape index (κ1) is 18.4. The molecule has 0 radical (unpaired) electrons. The number of piperidine rings is 2. The van der Waals surface area contributed by atoms with Crippen molar-refractivity contribution < 1.29 is 4.79 Å². The van der Waals surface area contributed by atoms with Gasteiger partial charge >= 0.3 is 0 Å². The van der Waals surface area contributed by atoms with Crippen LogP contribution in [-0.2, 0) is 17.8 Å². The van der Waals surface area contributed by atoms with Crippen molar-refractivity contribution in [3.05, 3.63) is 17.0 Å². The minimum Gasteiger partial charge on any atom is -0.356 e. The van der Waals surface area contributed by atoms with E-state index in [0.717, 1.165) is 25.2 Å². The number of rotatable bonds is 6. The zero-order valence-electron chi connectivity index (χ0n) is 16.2. The second kappa shape index (κ2) is 8.35. The monoisotopic (exact) mass is 346 g/mol. The van der Waals surface area contributed by atoms with Crippen molar-refractivity contribution in [3.8, 4) is 0 Å². The van der Waals surface area contributed by atoms with Crippen molar-refractivity contribution in [2.24, 2.45) is 5.92 Å². The molecule has 0 bridgehead atoms. The molecule has 0 unspecified atom stereocenters. The maximum Gasteiger partial charge on any atom is 0.220 e. The number of carbonyl (C=O) groups is 1. The number of aryl methyl sites for hydroxylation is 2. The van der Waals surface area contributed by atoms with Gasteiger partial charge in [-0.05, 0) is 77.4 Å². The molecule has 0 aromatic carbocycles. The Morgan fingerprint density at radius 3 is 2.76 bits per heavy atom. The zero-order chi connectivity index (χ0) is 17.8. The summed E-state index contributed by atoms with van der Waals surface area (Å²) in [5, 5.41) is 7.77. The number of amides is 1. The molecule has 1 aromatic rings. The summed E-state index contributed by atoms with van der Waals surface area (Å²) in [6.45, 7) is 10.5. The topological polar surface area (TPSA) is 50.2 Å². The summed E-state index contributed by atoms with van der Waals surface area (Å²) in [7, 11) is 0. The number of fused-ring (bicyclic) bond motifs is 1. The van der Waals surface area contributed by atoms with E-state index in [9.17, 15) is 4.79 Å². The number of hydrogen-bond donors (Lipinski definition) is 1. The molecule has 2 aliphatic heterocycles. The molecule has 2 saturated heterocycles. The maximum atomic E-state index is 12.4. The first-order valence-corrected chi connectivity index (χ1v) is 10.1. The van der Waals surface area contributed by atoms with E-state index in [0.29, 0.717) is 18.4 Å². The minimum absolute atomic E-state index is 0.191. The van der Waals surface area contributed by atoms with E-state index >= 15 is 0 Å². The number of nitrogens with zero attached hydrogens (tertiary/aromatic N) is 3. The van der Waals surface area contributed by atoms with Gasteiger partial charge < -0.3 is 10.2 Å². The van der Waals surface area contributed by atoms with Gasteiger partial charge in [0, 0.05) is 31.2 Å². The number of carbonyl (C=O) groups excluding carboxylic acids is 1. The van der Waals surface area contributed by atoms with Crippen molar-refractivity contribution in [1.82, 2.24) is 20.0 Å². The Morgan fingerprint density at radius 1 is 1.20 bits per heavy atom. The van der Waals surface area contributed by atoms with E-state index in [1.54, 1.807) is 0 Å². The Morgan fingerprint density at radius 2 is 2.00 bits per heavy atom. The SMILES string of the molecule is CCn1nc(C)c(CCC(=O)NC[C@H]2CCCN3CCCC[C@H]23)c1C. The normalized spacial score (nSPS) is 24.1. The summed E-state index contributed by atoms with van der Waals surface area (Å²) in [6.07, 6.45) is 7.93. The predicted octanol–water partition coefficient (Wildman–Crippen LogP) is 2.83. The lowest BCUT2D eigenvalue weighted by Gasteiger charge is -2.44. The largest absolute Gasteiger partial charge is 0.356 e. The van der Waals surface area contributed by atoms with Crippen molar-refractivity contribution in [1.29, 1.82) is 0 Å². The van der Waals surface area contributed by atoms with Gasteiger partial charge in [-0.15, -0.1) is 0 Å². The average Bonchev–Trinajstić information content (AvgIpc) is 2.91. The molecular formula is C20H34N4O. The quantitative estimate of drug-likeness (QED) is 0.862. The lowest BCUT2D eigenvalue weighted by molar-refractivity contribution is -0.121. The van der Waals surface area contributed by atoms with E-state index < -0.39 is 0 Å². The van der Waals surface area contributed by atoms with Crippen LogP contribution in [0.25, 0.3) is 0 Å². The summed E-state index contributed by atoms with van der Waals surface area (Å²) >= 11 is 0. The first-order valence-electron chi connectivity index (χ1n) is 10.1. The van der Waals surface area contributed by atoms with Crippen LogP contribution in [0.2, 0.25) is 0 Å². The van der Waals surface area contributed by atoms with E-state index in [1.807, 2.05) is 11.6 Å². The standard InChI is InChI=1S/C20H34N4O/c1-4-24-16(3)18(15(2)22-24)10-11-20(25)21-14-17-8-7-13-23-12-6-5-9-19(17)23/h17,19H,4-14H2,1-3H3,(H,21,25)/t17-,19-/m1/s1. The molecule has 3 rings (SSSR count). The Kier molecular flexibility index (Phi) is 6.15. The Labute approximate surface area is 152 Å². The highest BCUT2D eigenvalue weighted by atomic mass is 16.1. The van der Waals surface area contributed by atoms with Crippen LogP contribution in [0.3, 0.4) is 0 Å². The van der Waals surface area contributed by atoms with Crippen LogP contribution in [-0.4, -0.2) is 46.3 Å². The molecule has 25 heavy (non-hydrogen) atoms. The molecule has 2 aliphatic rings. The molecular weight excluding hydrogens is 312 g/mol. The molecule has 2 atom stereocenters. The molecule has 0 saturated carbocycles. The van der Waals surface area contributed by atoms with Crippen LogP contribution in [0.4, 0.5) is 0 Å². The van der Waals surface area contributed by atoms with Gasteiger partial charge in [0.1, 0.15) is 0 Å². The van der Waals surface area contributed by atoms with Gasteiger partial charge in [0.25, 0.3) is 0 Å². The van der Waals surface area contributed by atoms with Crippen LogP contribution in [0.5, 0.6) is 0 Å². The fraction of sp³-hybridized carbons (Fsp3) is 0.800. The Hall–Kier alpha value is -1.36. The molecule has 140 valence electrons. The van der Waals surface area contributed by atoms with Crippen LogP contribution < -0.4 is 5.32 Å². The third kappa shape index (κ3) is 4.25. The summed E-state index contributed by atoms with van der Waals surface area (Å²) in [5.74, 6) is 0.834. The second-order valence-corrected chi connectivity index (χ2v) is 7.77. The van der Waals surface area contributed by atoms with Crippen molar-refractivity contribution >= 4 is 5.91 Å². The van der Waals surface area contributed by atoms with Gasteiger partial charge in [-0.1, -0.05) is 6.42 Å². The molecule has 1 N–H and O–H groups in total. The molecule has 5 nitrogen and oxygen atoms in total. The molecule has 5 heteroatoms. The van der Waals surface area contributed by atoms with Gasteiger partial charge in [0.2, 0.25) is 5.91 Å². The van der Waals surface area contributed by atoms with Gasteiger partial charge in [0.05, 0.1) is 5.69 Å². The Balaban J connectivity index is 1.47. The fourth-order valence-electron chi connectivity index (χ4n) is 4.79. The van der Waals surface area contributed by atoms with E-state index in [2.05, 4.69) is 29.2 Å². The zero-order valence-corrected chi connectivity index (χ0v) is 16.2. The van der Waals surface area contributed by atoms with Gasteiger partial charge in [-0.2, -0.15) is 5.10 Å². The van der Waals surface area contributed by atoms with Gasteiger partial charge in [-0.25, -0.2) is 0 Å². The highest BCUT2D eigenvalue weighted by molar-refractivity contribution is 5.76. The number of hydrogen-bond acceptors (Lipinski definition) is 3. The van der Waals surface area contributed by atoms with E-state index in [4.69, 9.17) is 0 Å². The number of aromatic nitrogens is 2. The third-order valence-corrected chi connectivity index (χ3v) is 6.22. The smallest absolute Gasteiger partial charge is 0.220 e. The van der Waals surface area contributed by atoms with Crippen molar-refractivity contribution in [2.45, 2.75) is 78.3 Å². The van der Waals surface area contributed by atoms with Crippen molar-refractivity contribution in [3.63, 3.8) is 0 Å². The lowest BCUT2D eigenvalue weighted by atomic mass is 9.83. The highest BCUT2D eigenvalue weighted by Crippen LogP contribution is 2.30. The lowest BCUT2D eigenvalue weighted by Crippen LogP contribution is -2.51. The molecule has 1 amide bonds. The molecule has 0 spiro atoms. The third-order valence-electron chi connectivity index (χ3n) is 6.22. The number of nitrogens with one attached hydrogen (secondary N) is 1. The predicted molar refractivity (Wildman–Crippen MR) is 101 cm³/mol. The minimum atomic E-state index is 0.191. The average molecular weight is 347 g/mol. The van der Waals surface area contributed by atoms with Crippen molar-refractivity contribution in [2.75, 3.05) is 19.6 Å². The van der Waals surface area contributed by atoms with Crippen LogP contribution in [0.15, 0.2) is 0 Å². The Bertz CT molecular complexity index is 593. The molecule has 1 aromatic heterocycles. The van der Waals surface area contributed by atoms with E-state index in [1.165, 1.54) is 56.5 Å². The maximum absolute atomic E-state index is 12.4. The first-order chi connectivity index (χ1) is 12.1. The summed E-state index contributed by atoms with van der Waals surface area (Å²) in [6, 6.07) is 0.704. The van der Waals surface area contributed by atoms with Gasteiger partial charge in [0.15, 0.2) is 0 Å². The molecule has 2 fully saturated rings. The summed E-state index contributed by atoms with van der Waals surface area (Å²) < 4.78 is 2.03. The summed E-state index contributed by atoms with van der Waals surface area (Å²) in [4.78, 5) is 15.0.